The third kappa shape index (κ3) is 11.5. The van der Waals surface area contributed by atoms with Gasteiger partial charge in [-0.1, -0.05) is 38.1 Å². The Bertz CT molecular complexity index is 792. The molecule has 0 bridgehead atoms. The summed E-state index contributed by atoms with van der Waals surface area (Å²) >= 11 is 0. The SMILES string of the molecule is C1CCOC1.CC(C)(CO)c1ccc(N)cc1.COC(=O)C(C)(C)c1ccc(N)cc1.[AlH3].[H-].[Li+]. The number of aliphatic hydroxyl groups is 1. The molecule has 6 nitrogen and oxygen atoms in total. The molecule has 0 unspecified atom stereocenters. The van der Waals surface area contributed by atoms with E-state index in [1.54, 1.807) is 12.1 Å². The van der Waals surface area contributed by atoms with Crippen LogP contribution >= 0.6 is 0 Å². The maximum Gasteiger partial charge on any atom is 1.00 e. The molecule has 1 saturated heterocycles. The van der Waals surface area contributed by atoms with E-state index in [1.807, 2.05) is 64.1 Å². The van der Waals surface area contributed by atoms with Gasteiger partial charge in [0.25, 0.3) is 0 Å². The molecule has 0 radical (unpaired) electrons. The van der Waals surface area contributed by atoms with E-state index in [2.05, 4.69) is 0 Å². The zero-order chi connectivity index (χ0) is 23.5. The predicted molar refractivity (Wildman–Crippen MR) is 138 cm³/mol. The Kier molecular flexibility index (Phi) is 16.6. The molecule has 0 saturated carbocycles. The molecule has 0 spiro atoms. The van der Waals surface area contributed by atoms with Gasteiger partial charge in [-0.05, 0) is 62.1 Å². The number of aliphatic hydroxyl groups excluding tert-OH is 1. The molecular weight excluding hydrogens is 426 g/mol. The number of hydrogen-bond acceptors (Lipinski definition) is 6. The van der Waals surface area contributed by atoms with E-state index < -0.39 is 5.41 Å². The average Bonchev–Trinajstić information content (AvgIpc) is 3.34. The van der Waals surface area contributed by atoms with E-state index in [9.17, 15) is 4.79 Å². The van der Waals surface area contributed by atoms with Crippen molar-refractivity contribution in [3.8, 4) is 0 Å². The Hall–Kier alpha value is -1.44. The molecular formula is C25H42AlLiN2O4. The second-order valence-corrected chi connectivity index (χ2v) is 8.72. The summed E-state index contributed by atoms with van der Waals surface area (Å²) in [5.41, 5.74) is 13.8. The second-order valence-electron chi connectivity index (χ2n) is 8.72. The van der Waals surface area contributed by atoms with Crippen molar-refractivity contribution >= 4 is 34.7 Å². The standard InChI is InChI=1S/C11H15NO2.C10H15NO.C4H8O.Al.Li.4H/c1-11(2,10(13)14-3)8-4-6-9(12)7-5-8;1-10(2,7-12)8-3-5-9(11)6-4-8;1-2-4-5-3-1;;;;;;/h4-7H,12H2,1-3H3;3-6,12H,7,11H2,1-2H3;1-4H2;;;;;;/q;;;;+1;;;;-1. The number of nitrogens with two attached hydrogens (primary N) is 2. The van der Waals surface area contributed by atoms with Gasteiger partial charge in [0.1, 0.15) is 0 Å². The van der Waals surface area contributed by atoms with Crippen LogP contribution < -0.4 is 30.3 Å². The Morgan fingerprint density at radius 3 is 1.64 bits per heavy atom. The molecule has 0 amide bonds. The number of methoxy groups -OCH3 is 1. The Morgan fingerprint density at radius 2 is 1.33 bits per heavy atom. The first kappa shape index (κ1) is 33.7. The van der Waals surface area contributed by atoms with Crippen LogP contribution in [0.1, 0.15) is 53.1 Å². The van der Waals surface area contributed by atoms with Gasteiger partial charge in [-0.2, -0.15) is 0 Å². The van der Waals surface area contributed by atoms with Crippen molar-refractivity contribution in [1.29, 1.82) is 0 Å². The summed E-state index contributed by atoms with van der Waals surface area (Å²) in [5, 5.41) is 9.09. The monoisotopic (exact) mass is 468 g/mol. The number of benzene rings is 2. The van der Waals surface area contributed by atoms with Gasteiger partial charge in [-0.25, -0.2) is 0 Å². The smallest absolute Gasteiger partial charge is 1.00 e. The summed E-state index contributed by atoms with van der Waals surface area (Å²) in [6.45, 7) is 9.79. The predicted octanol–water partition coefficient (Wildman–Crippen LogP) is -0.0125. The molecule has 1 fully saturated rings. The topological polar surface area (TPSA) is 108 Å². The normalized spacial score (nSPS) is 12.5. The Balaban J connectivity index is -0.000000440. The van der Waals surface area contributed by atoms with Crippen LogP contribution in [0.5, 0.6) is 0 Å². The maximum atomic E-state index is 11.5. The summed E-state index contributed by atoms with van der Waals surface area (Å²) in [5.74, 6) is -0.248. The summed E-state index contributed by atoms with van der Waals surface area (Å²) in [7, 11) is 1.39. The number of ether oxygens (including phenoxy) is 2. The van der Waals surface area contributed by atoms with Gasteiger partial charge < -0.3 is 27.5 Å². The van der Waals surface area contributed by atoms with Crippen molar-refractivity contribution in [3.63, 3.8) is 0 Å². The van der Waals surface area contributed by atoms with Crippen molar-refractivity contribution < 1.29 is 39.7 Å². The molecule has 0 aliphatic carbocycles. The average molecular weight is 469 g/mol. The minimum Gasteiger partial charge on any atom is -1.00 e. The van der Waals surface area contributed by atoms with Gasteiger partial charge in [0.2, 0.25) is 0 Å². The fourth-order valence-corrected chi connectivity index (χ4v) is 2.81. The first-order chi connectivity index (χ1) is 14.5. The molecule has 3 rings (SSSR count). The largest absolute Gasteiger partial charge is 1.00 e. The van der Waals surface area contributed by atoms with Gasteiger partial charge in [0.15, 0.2) is 17.4 Å². The zero-order valence-corrected chi connectivity index (χ0v) is 20.5. The van der Waals surface area contributed by atoms with Crippen molar-refractivity contribution in [3.05, 3.63) is 59.7 Å². The number of hydrogen-bond donors (Lipinski definition) is 3. The molecule has 2 aromatic rings. The van der Waals surface area contributed by atoms with Crippen LogP contribution in [0, 0.1) is 0 Å². The van der Waals surface area contributed by atoms with Crippen LogP contribution in [0.25, 0.3) is 0 Å². The maximum absolute atomic E-state index is 11.5. The van der Waals surface area contributed by atoms with Crippen LogP contribution in [-0.2, 0) is 25.1 Å². The number of esters is 1. The van der Waals surface area contributed by atoms with Gasteiger partial charge in [-0.3, -0.25) is 4.79 Å². The Labute approximate surface area is 223 Å². The molecule has 8 heteroatoms. The third-order valence-corrected chi connectivity index (χ3v) is 5.24. The van der Waals surface area contributed by atoms with Gasteiger partial charge in [-0.15, -0.1) is 0 Å². The van der Waals surface area contributed by atoms with Crippen LogP contribution in [0.3, 0.4) is 0 Å². The van der Waals surface area contributed by atoms with Gasteiger partial charge >= 0.3 is 24.8 Å². The van der Waals surface area contributed by atoms with E-state index in [-0.39, 0.29) is 55.6 Å². The minimum absolute atomic E-state index is 0. The van der Waals surface area contributed by atoms with Crippen molar-refractivity contribution in [2.45, 2.75) is 51.4 Å². The number of rotatable bonds is 4. The van der Waals surface area contributed by atoms with Crippen molar-refractivity contribution in [2.24, 2.45) is 0 Å². The number of nitrogen functional groups attached to an aromatic ring is 2. The van der Waals surface area contributed by atoms with Crippen LogP contribution in [0.2, 0.25) is 0 Å². The van der Waals surface area contributed by atoms with Gasteiger partial charge in [0, 0.05) is 30.0 Å². The molecule has 1 aliphatic rings. The van der Waals surface area contributed by atoms with Gasteiger partial charge in [0.05, 0.1) is 19.1 Å². The second kappa shape index (κ2) is 16.2. The minimum atomic E-state index is -0.623. The van der Waals surface area contributed by atoms with Crippen molar-refractivity contribution in [1.82, 2.24) is 0 Å². The first-order valence-corrected chi connectivity index (χ1v) is 10.5. The molecule has 0 aromatic heterocycles. The van der Waals surface area contributed by atoms with E-state index in [0.717, 1.165) is 30.0 Å². The summed E-state index contributed by atoms with van der Waals surface area (Å²) in [6.07, 6.45) is 2.56. The number of carbonyl (C=O) groups excluding carboxylic acids is 1. The molecule has 5 N–H and O–H groups in total. The van der Waals surface area contributed by atoms with Crippen LogP contribution in [0.15, 0.2) is 48.5 Å². The van der Waals surface area contributed by atoms with E-state index in [1.165, 1.54) is 20.0 Å². The fraction of sp³-hybridized carbons (Fsp3) is 0.480. The van der Waals surface area contributed by atoms with Crippen LogP contribution in [0.4, 0.5) is 11.4 Å². The molecule has 1 heterocycles. The Morgan fingerprint density at radius 1 is 0.939 bits per heavy atom. The zero-order valence-electron chi connectivity index (χ0n) is 21.5. The summed E-state index contributed by atoms with van der Waals surface area (Å²) in [6, 6.07) is 14.8. The number of anilines is 2. The molecule has 0 atom stereocenters. The van der Waals surface area contributed by atoms with Crippen LogP contribution in [-0.4, -0.2) is 55.4 Å². The molecule has 33 heavy (non-hydrogen) atoms. The van der Waals surface area contributed by atoms with E-state index in [4.69, 9.17) is 26.0 Å². The molecule has 1 aliphatic heterocycles. The first-order valence-electron chi connectivity index (χ1n) is 10.5. The third-order valence-electron chi connectivity index (χ3n) is 5.24. The quantitative estimate of drug-likeness (QED) is 0.331. The summed E-state index contributed by atoms with van der Waals surface area (Å²) in [4.78, 5) is 11.5. The fourth-order valence-electron chi connectivity index (χ4n) is 2.81. The molecule has 2 aromatic carbocycles. The summed E-state index contributed by atoms with van der Waals surface area (Å²) < 4.78 is 9.67. The van der Waals surface area contributed by atoms with E-state index >= 15 is 0 Å². The molecule has 180 valence electrons. The number of carbonyl (C=O) groups is 1. The van der Waals surface area contributed by atoms with Crippen molar-refractivity contribution in [2.75, 3.05) is 38.4 Å². The van der Waals surface area contributed by atoms with E-state index in [0.29, 0.717) is 5.69 Å².